The normalized spacial score (nSPS) is 9.67. The second kappa shape index (κ2) is 4.04. The van der Waals surface area contributed by atoms with Crippen LogP contribution >= 0.6 is 0 Å². The van der Waals surface area contributed by atoms with Crippen LogP contribution in [0.5, 0.6) is 5.75 Å². The molecule has 2 N–H and O–H groups in total. The van der Waals surface area contributed by atoms with E-state index in [9.17, 15) is 14.7 Å². The first-order valence-corrected chi connectivity index (χ1v) is 3.91. The van der Waals surface area contributed by atoms with E-state index in [0.29, 0.717) is 0 Å². The molecular weight excluding hydrogens is 199 g/mol. The average Bonchev–Trinajstić information content (AvgIpc) is 2.20. The number of hydrogen-bond acceptors (Lipinski definition) is 4. The molecule has 0 aliphatic heterocycles. The molecule has 0 aliphatic rings. The standard InChI is InChI=1S/C9H7BO5/c1-15-9(14)4-2-5(8(12)13)7(11)6(10)3-4/h2-3,11H,1H3,(H,12,13). The largest absolute Gasteiger partial charge is 0.508 e. The van der Waals surface area contributed by atoms with Gasteiger partial charge in [-0.3, -0.25) is 0 Å². The lowest BCUT2D eigenvalue weighted by Gasteiger charge is -2.06. The highest BCUT2D eigenvalue weighted by atomic mass is 16.5. The number of aromatic carboxylic acids is 1. The lowest BCUT2D eigenvalue weighted by atomic mass is 9.90. The van der Waals surface area contributed by atoms with Crippen molar-refractivity contribution in [2.75, 3.05) is 7.11 Å². The molecule has 0 saturated carbocycles. The first-order valence-electron chi connectivity index (χ1n) is 3.91. The third-order valence-electron chi connectivity index (χ3n) is 1.79. The third-order valence-corrected chi connectivity index (χ3v) is 1.79. The monoisotopic (exact) mass is 206 g/mol. The minimum Gasteiger partial charge on any atom is -0.508 e. The number of methoxy groups -OCH3 is 1. The fourth-order valence-electron chi connectivity index (χ4n) is 1.06. The predicted octanol–water partition coefficient (Wildman–Crippen LogP) is -0.329. The number of hydrogen-bond donors (Lipinski definition) is 2. The quantitative estimate of drug-likeness (QED) is 0.511. The minimum atomic E-state index is -1.37. The van der Waals surface area contributed by atoms with Gasteiger partial charge in [-0.05, 0) is 6.07 Å². The Morgan fingerprint density at radius 1 is 1.40 bits per heavy atom. The van der Waals surface area contributed by atoms with Crippen molar-refractivity contribution in [2.24, 2.45) is 0 Å². The summed E-state index contributed by atoms with van der Waals surface area (Å²) >= 11 is 0. The first kappa shape index (κ1) is 11.1. The summed E-state index contributed by atoms with van der Waals surface area (Å²) in [5, 5.41) is 18.0. The van der Waals surface area contributed by atoms with Crippen LogP contribution in [0.4, 0.5) is 0 Å². The van der Waals surface area contributed by atoms with Crippen LogP contribution in [-0.4, -0.2) is 37.1 Å². The van der Waals surface area contributed by atoms with Gasteiger partial charge in [0.15, 0.2) is 0 Å². The van der Waals surface area contributed by atoms with Gasteiger partial charge in [0.2, 0.25) is 0 Å². The number of ether oxygens (including phenoxy) is 1. The van der Waals surface area contributed by atoms with Crippen molar-refractivity contribution in [3.63, 3.8) is 0 Å². The summed E-state index contributed by atoms with van der Waals surface area (Å²) < 4.78 is 4.40. The van der Waals surface area contributed by atoms with Crippen LogP contribution in [0.25, 0.3) is 0 Å². The zero-order valence-electron chi connectivity index (χ0n) is 7.85. The zero-order valence-corrected chi connectivity index (χ0v) is 7.85. The van der Waals surface area contributed by atoms with E-state index in [0.717, 1.165) is 19.2 Å². The Hall–Kier alpha value is -1.98. The minimum absolute atomic E-state index is 0.0230. The summed E-state index contributed by atoms with van der Waals surface area (Å²) in [5.41, 5.74) is -0.643. The predicted molar refractivity (Wildman–Crippen MR) is 51.8 cm³/mol. The van der Waals surface area contributed by atoms with Gasteiger partial charge in [-0.2, -0.15) is 0 Å². The van der Waals surface area contributed by atoms with Crippen molar-refractivity contribution >= 4 is 25.2 Å². The molecule has 1 aromatic rings. The molecule has 2 radical (unpaired) electrons. The summed E-state index contributed by atoms with van der Waals surface area (Å²) in [6.45, 7) is 0. The maximum atomic E-state index is 11.1. The number of carbonyl (C=O) groups excluding carboxylic acids is 1. The number of aromatic hydroxyl groups is 1. The van der Waals surface area contributed by atoms with E-state index in [2.05, 4.69) is 4.74 Å². The summed E-state index contributed by atoms with van der Waals surface area (Å²) in [5.74, 6) is -2.65. The summed E-state index contributed by atoms with van der Waals surface area (Å²) in [6, 6.07) is 2.15. The fraction of sp³-hybridized carbons (Fsp3) is 0.111. The molecular formula is C9H7BO5. The molecule has 0 unspecified atom stereocenters. The zero-order chi connectivity index (χ0) is 11.6. The average molecular weight is 206 g/mol. The Kier molecular flexibility index (Phi) is 2.99. The van der Waals surface area contributed by atoms with Gasteiger partial charge in [0.05, 0.1) is 12.7 Å². The molecule has 5 nitrogen and oxygen atoms in total. The number of phenols is 1. The number of esters is 1. The lowest BCUT2D eigenvalue weighted by molar-refractivity contribution is 0.0601. The van der Waals surface area contributed by atoms with Crippen LogP contribution < -0.4 is 5.46 Å². The highest BCUT2D eigenvalue weighted by molar-refractivity contribution is 6.35. The van der Waals surface area contributed by atoms with E-state index < -0.39 is 23.3 Å². The van der Waals surface area contributed by atoms with Gasteiger partial charge in [-0.15, -0.1) is 0 Å². The molecule has 76 valence electrons. The van der Waals surface area contributed by atoms with Crippen LogP contribution in [0.2, 0.25) is 0 Å². The Morgan fingerprint density at radius 3 is 2.47 bits per heavy atom. The molecule has 0 heterocycles. The van der Waals surface area contributed by atoms with Gasteiger partial charge in [-0.1, -0.05) is 11.5 Å². The fourth-order valence-corrected chi connectivity index (χ4v) is 1.06. The number of rotatable bonds is 2. The topological polar surface area (TPSA) is 83.8 Å². The van der Waals surface area contributed by atoms with Gasteiger partial charge in [0, 0.05) is 0 Å². The molecule has 0 aromatic heterocycles. The number of carboxylic acid groups (broad SMARTS) is 1. The molecule has 0 spiro atoms. The highest BCUT2D eigenvalue weighted by Gasteiger charge is 2.16. The highest BCUT2D eigenvalue weighted by Crippen LogP contribution is 2.16. The van der Waals surface area contributed by atoms with Crippen molar-refractivity contribution in [1.82, 2.24) is 0 Å². The summed E-state index contributed by atoms with van der Waals surface area (Å²) in [6.07, 6.45) is 0. The van der Waals surface area contributed by atoms with E-state index in [4.69, 9.17) is 13.0 Å². The van der Waals surface area contributed by atoms with Crippen LogP contribution in [0.1, 0.15) is 20.7 Å². The van der Waals surface area contributed by atoms with Gasteiger partial charge < -0.3 is 14.9 Å². The number of benzene rings is 1. The number of carboxylic acids is 1. The molecule has 1 rings (SSSR count). The second-order valence-corrected chi connectivity index (χ2v) is 2.76. The van der Waals surface area contributed by atoms with E-state index in [-0.39, 0.29) is 11.0 Å². The molecule has 15 heavy (non-hydrogen) atoms. The molecule has 0 aliphatic carbocycles. The smallest absolute Gasteiger partial charge is 0.339 e. The van der Waals surface area contributed by atoms with Crippen molar-refractivity contribution in [1.29, 1.82) is 0 Å². The van der Waals surface area contributed by atoms with Crippen molar-refractivity contribution < 1.29 is 24.5 Å². The molecule has 6 heteroatoms. The molecule has 0 atom stereocenters. The van der Waals surface area contributed by atoms with Crippen LogP contribution in [0, 0.1) is 0 Å². The van der Waals surface area contributed by atoms with E-state index in [1.165, 1.54) is 0 Å². The Morgan fingerprint density at radius 2 is 2.00 bits per heavy atom. The number of carbonyl (C=O) groups is 2. The molecule has 0 fully saturated rings. The van der Waals surface area contributed by atoms with Gasteiger partial charge >= 0.3 is 11.9 Å². The Bertz CT molecular complexity index is 427. The molecule has 1 aromatic carbocycles. The second-order valence-electron chi connectivity index (χ2n) is 2.76. The van der Waals surface area contributed by atoms with Crippen LogP contribution in [0.3, 0.4) is 0 Å². The van der Waals surface area contributed by atoms with Crippen molar-refractivity contribution in [3.8, 4) is 5.75 Å². The SMILES string of the molecule is [B]c1cc(C(=O)OC)cc(C(=O)O)c1O. The van der Waals surface area contributed by atoms with Crippen LogP contribution in [-0.2, 0) is 4.74 Å². The summed E-state index contributed by atoms with van der Waals surface area (Å²) in [7, 11) is 6.49. The van der Waals surface area contributed by atoms with Crippen LogP contribution in [0.15, 0.2) is 12.1 Å². The Labute approximate surface area is 86.7 Å². The maximum Gasteiger partial charge on any atom is 0.339 e. The molecule has 0 bridgehead atoms. The maximum absolute atomic E-state index is 11.1. The van der Waals surface area contributed by atoms with E-state index >= 15 is 0 Å². The van der Waals surface area contributed by atoms with Gasteiger partial charge in [-0.25, -0.2) is 9.59 Å². The van der Waals surface area contributed by atoms with Gasteiger partial charge in [0.1, 0.15) is 19.2 Å². The van der Waals surface area contributed by atoms with Crippen molar-refractivity contribution in [3.05, 3.63) is 23.3 Å². The van der Waals surface area contributed by atoms with E-state index in [1.807, 2.05) is 0 Å². The molecule has 0 amide bonds. The third kappa shape index (κ3) is 2.09. The summed E-state index contributed by atoms with van der Waals surface area (Å²) in [4.78, 5) is 21.8. The van der Waals surface area contributed by atoms with Gasteiger partial charge in [0.25, 0.3) is 0 Å². The molecule has 0 saturated heterocycles. The Balaban J connectivity index is 3.35. The first-order chi connectivity index (χ1) is 6.97. The van der Waals surface area contributed by atoms with Crippen molar-refractivity contribution in [2.45, 2.75) is 0 Å². The lowest BCUT2D eigenvalue weighted by Crippen LogP contribution is -2.14. The van der Waals surface area contributed by atoms with E-state index in [1.54, 1.807) is 0 Å².